The maximum atomic E-state index is 8.94. The molecule has 5 nitrogen and oxygen atoms in total. The van der Waals surface area contributed by atoms with E-state index in [2.05, 4.69) is 40.3 Å². The molecule has 25 heavy (non-hydrogen) atoms. The highest BCUT2D eigenvalue weighted by molar-refractivity contribution is 7.99. The van der Waals surface area contributed by atoms with Crippen LogP contribution in [0.4, 0.5) is 0 Å². The first-order chi connectivity index (χ1) is 12.3. The van der Waals surface area contributed by atoms with Crippen LogP contribution < -0.4 is 0 Å². The number of H-pyrrole nitrogens is 1. The largest absolute Gasteiger partial charge is 0.360 e. The van der Waals surface area contributed by atoms with Crippen molar-refractivity contribution in [1.82, 2.24) is 19.7 Å². The van der Waals surface area contributed by atoms with Gasteiger partial charge in [-0.15, -0.1) is 10.2 Å². The molecule has 0 bridgehead atoms. The number of nitrogens with one attached hydrogen (secondary N) is 1. The van der Waals surface area contributed by atoms with Gasteiger partial charge < -0.3 is 4.98 Å². The van der Waals surface area contributed by atoms with Gasteiger partial charge >= 0.3 is 0 Å². The molecule has 4 rings (SSSR count). The number of rotatable bonds is 4. The molecule has 0 amide bonds. The zero-order valence-corrected chi connectivity index (χ0v) is 14.4. The minimum atomic E-state index is 0.331. The quantitative estimate of drug-likeness (QED) is 0.559. The van der Waals surface area contributed by atoms with Crippen molar-refractivity contribution in [2.45, 2.75) is 12.1 Å². The molecule has 0 fully saturated rings. The predicted molar refractivity (Wildman–Crippen MR) is 99.7 cm³/mol. The number of para-hydroxylation sites is 2. The van der Waals surface area contributed by atoms with E-state index in [1.807, 2.05) is 47.2 Å². The summed E-state index contributed by atoms with van der Waals surface area (Å²) in [6, 6.07) is 18.4. The summed E-state index contributed by atoms with van der Waals surface area (Å²) in [7, 11) is 0. The Hall–Kier alpha value is -3.04. The van der Waals surface area contributed by atoms with Gasteiger partial charge in [-0.1, -0.05) is 48.2 Å². The molecule has 0 aliphatic heterocycles. The van der Waals surface area contributed by atoms with Gasteiger partial charge in [0.05, 0.1) is 17.5 Å². The summed E-state index contributed by atoms with van der Waals surface area (Å²) in [5.74, 6) is 1.10. The number of hydrogen-bond acceptors (Lipinski definition) is 4. The van der Waals surface area contributed by atoms with Crippen LogP contribution in [0.15, 0.2) is 59.9 Å². The Morgan fingerprint density at radius 2 is 1.92 bits per heavy atom. The second kappa shape index (κ2) is 6.46. The number of hydrogen-bond donors (Lipinski definition) is 1. The van der Waals surface area contributed by atoms with Gasteiger partial charge in [0, 0.05) is 22.7 Å². The van der Waals surface area contributed by atoms with E-state index < -0.39 is 0 Å². The summed E-state index contributed by atoms with van der Waals surface area (Å²) in [5.41, 5.74) is 4.20. The molecule has 122 valence electrons. The van der Waals surface area contributed by atoms with Gasteiger partial charge in [-0.2, -0.15) is 5.26 Å². The number of aromatic nitrogens is 4. The standard InChI is InChI=1S/C19H15N5S/c1-13-6-2-5-9-17(13)24-18(22-23-19(24)25-11-10-20)15-12-21-16-8-4-3-7-14(15)16/h2-9,12,21H,11H2,1H3. The smallest absolute Gasteiger partial charge is 0.197 e. The second-order valence-electron chi connectivity index (χ2n) is 5.62. The lowest BCUT2D eigenvalue weighted by Gasteiger charge is -2.12. The molecule has 4 aromatic rings. The molecule has 0 spiro atoms. The molecule has 2 aromatic heterocycles. The van der Waals surface area contributed by atoms with Crippen LogP contribution in [0.2, 0.25) is 0 Å². The van der Waals surface area contributed by atoms with Crippen molar-refractivity contribution < 1.29 is 0 Å². The van der Waals surface area contributed by atoms with Crippen molar-refractivity contribution in [3.05, 3.63) is 60.3 Å². The molecular formula is C19H15N5S. The maximum Gasteiger partial charge on any atom is 0.197 e. The Labute approximate surface area is 149 Å². The fraction of sp³-hybridized carbons (Fsp3) is 0.105. The van der Waals surface area contributed by atoms with E-state index in [9.17, 15) is 0 Å². The third kappa shape index (κ3) is 2.69. The van der Waals surface area contributed by atoms with Crippen LogP contribution in [0.25, 0.3) is 28.0 Å². The molecule has 0 saturated carbocycles. The van der Waals surface area contributed by atoms with E-state index in [4.69, 9.17) is 5.26 Å². The maximum absolute atomic E-state index is 8.94. The number of thioether (sulfide) groups is 1. The first-order valence-corrected chi connectivity index (χ1v) is 8.86. The first-order valence-electron chi connectivity index (χ1n) is 7.87. The lowest BCUT2D eigenvalue weighted by Crippen LogP contribution is -2.01. The molecule has 1 N–H and O–H groups in total. The van der Waals surface area contributed by atoms with Crippen LogP contribution in [0, 0.1) is 18.3 Å². The average molecular weight is 345 g/mol. The summed E-state index contributed by atoms with van der Waals surface area (Å²) >= 11 is 1.39. The van der Waals surface area contributed by atoms with Gasteiger partial charge in [-0.05, 0) is 24.6 Å². The van der Waals surface area contributed by atoms with Crippen molar-refractivity contribution >= 4 is 22.7 Å². The highest BCUT2D eigenvalue weighted by Gasteiger charge is 2.19. The molecular weight excluding hydrogens is 330 g/mol. The van der Waals surface area contributed by atoms with Crippen LogP contribution in [-0.4, -0.2) is 25.5 Å². The molecule has 2 heterocycles. The molecule has 0 aliphatic rings. The number of benzene rings is 2. The minimum Gasteiger partial charge on any atom is -0.360 e. The summed E-state index contributed by atoms with van der Waals surface area (Å²) in [6.45, 7) is 2.06. The lowest BCUT2D eigenvalue weighted by atomic mass is 10.1. The van der Waals surface area contributed by atoms with E-state index >= 15 is 0 Å². The number of nitrogens with zero attached hydrogens (tertiary/aromatic N) is 4. The lowest BCUT2D eigenvalue weighted by molar-refractivity contribution is 0.882. The number of nitriles is 1. The molecule has 0 unspecified atom stereocenters. The fourth-order valence-corrected chi connectivity index (χ4v) is 3.53. The van der Waals surface area contributed by atoms with Crippen LogP contribution in [0.3, 0.4) is 0 Å². The fourth-order valence-electron chi connectivity index (χ4n) is 2.92. The SMILES string of the molecule is Cc1ccccc1-n1c(SCC#N)nnc1-c1c[nH]c2ccccc12. The van der Waals surface area contributed by atoms with Gasteiger partial charge in [-0.25, -0.2) is 0 Å². The van der Waals surface area contributed by atoms with Gasteiger partial charge in [0.1, 0.15) is 0 Å². The first kappa shape index (κ1) is 15.5. The van der Waals surface area contributed by atoms with Crippen LogP contribution in [0.1, 0.15) is 5.56 Å². The third-order valence-corrected chi connectivity index (χ3v) is 4.88. The summed E-state index contributed by atoms with van der Waals surface area (Å²) in [6.07, 6.45) is 1.96. The Balaban J connectivity index is 1.96. The molecule has 0 saturated heterocycles. The zero-order chi connectivity index (χ0) is 17.2. The Morgan fingerprint density at radius 1 is 1.12 bits per heavy atom. The van der Waals surface area contributed by atoms with Gasteiger partial charge in [0.2, 0.25) is 0 Å². The van der Waals surface area contributed by atoms with E-state index in [-0.39, 0.29) is 0 Å². The van der Waals surface area contributed by atoms with E-state index in [0.29, 0.717) is 5.75 Å². The number of fused-ring (bicyclic) bond motifs is 1. The second-order valence-corrected chi connectivity index (χ2v) is 6.57. The van der Waals surface area contributed by atoms with Gasteiger partial charge in [0.25, 0.3) is 0 Å². The topological polar surface area (TPSA) is 70.3 Å². The summed E-state index contributed by atoms with van der Waals surface area (Å²) < 4.78 is 2.03. The van der Waals surface area contributed by atoms with Crippen LogP contribution in [-0.2, 0) is 0 Å². The number of aryl methyl sites for hydroxylation is 1. The summed E-state index contributed by atoms with van der Waals surface area (Å²) in [4.78, 5) is 3.29. The van der Waals surface area contributed by atoms with Crippen molar-refractivity contribution in [3.63, 3.8) is 0 Å². The molecule has 0 radical (unpaired) electrons. The van der Waals surface area contributed by atoms with E-state index in [1.165, 1.54) is 11.8 Å². The van der Waals surface area contributed by atoms with E-state index in [0.717, 1.165) is 38.7 Å². The Morgan fingerprint density at radius 3 is 2.76 bits per heavy atom. The van der Waals surface area contributed by atoms with Crippen molar-refractivity contribution in [2.24, 2.45) is 0 Å². The summed E-state index contributed by atoms with van der Waals surface area (Å²) in [5, 5.41) is 19.5. The zero-order valence-electron chi connectivity index (χ0n) is 13.6. The average Bonchev–Trinajstić information content (AvgIpc) is 3.24. The van der Waals surface area contributed by atoms with Gasteiger partial charge in [-0.3, -0.25) is 4.57 Å². The Bertz CT molecular complexity index is 1090. The van der Waals surface area contributed by atoms with Gasteiger partial charge in [0.15, 0.2) is 11.0 Å². The van der Waals surface area contributed by atoms with Crippen LogP contribution >= 0.6 is 11.8 Å². The molecule has 0 atom stereocenters. The molecule has 2 aromatic carbocycles. The minimum absolute atomic E-state index is 0.331. The van der Waals surface area contributed by atoms with Crippen molar-refractivity contribution in [2.75, 3.05) is 5.75 Å². The van der Waals surface area contributed by atoms with Crippen LogP contribution in [0.5, 0.6) is 0 Å². The predicted octanol–water partition coefficient (Wildman–Crippen LogP) is 4.34. The molecule has 0 aliphatic carbocycles. The number of aromatic amines is 1. The van der Waals surface area contributed by atoms with Crippen molar-refractivity contribution in [3.8, 4) is 23.1 Å². The molecule has 6 heteroatoms. The van der Waals surface area contributed by atoms with E-state index in [1.54, 1.807) is 0 Å². The third-order valence-electron chi connectivity index (χ3n) is 4.09. The Kier molecular flexibility index (Phi) is 4.00. The highest BCUT2D eigenvalue weighted by Crippen LogP contribution is 2.33. The highest BCUT2D eigenvalue weighted by atomic mass is 32.2. The van der Waals surface area contributed by atoms with Crippen molar-refractivity contribution in [1.29, 1.82) is 5.26 Å². The monoisotopic (exact) mass is 345 g/mol. The normalized spacial score (nSPS) is 10.9.